The van der Waals surface area contributed by atoms with Gasteiger partial charge in [-0.25, -0.2) is 0 Å². The molecule has 0 saturated carbocycles. The first kappa shape index (κ1) is 25.0. The molecule has 2 aromatic heterocycles. The van der Waals surface area contributed by atoms with E-state index in [4.69, 9.17) is 10.5 Å². The summed E-state index contributed by atoms with van der Waals surface area (Å²) < 4.78 is 5.76. The largest absolute Gasteiger partial charge is 0.497 e. The Hall–Kier alpha value is -3.66. The van der Waals surface area contributed by atoms with Crippen LogP contribution in [0.1, 0.15) is 30.1 Å². The van der Waals surface area contributed by atoms with Crippen molar-refractivity contribution in [3.63, 3.8) is 0 Å². The van der Waals surface area contributed by atoms with Crippen LogP contribution in [0, 0.1) is 11.3 Å². The SMILES string of the molecule is COc1cccc(NC(=O)CSc2nnc(N3C(N)=C(C#N)C(c4cccs4)C4=C3CCCC4=O)s2)c1. The van der Waals surface area contributed by atoms with Crippen LogP contribution in [0.2, 0.25) is 0 Å². The summed E-state index contributed by atoms with van der Waals surface area (Å²) in [5.74, 6) is 0.412. The van der Waals surface area contributed by atoms with E-state index >= 15 is 0 Å². The molecule has 0 bridgehead atoms. The maximum Gasteiger partial charge on any atom is 0.234 e. The number of ether oxygens (including phenoxy) is 1. The second kappa shape index (κ2) is 10.8. The predicted molar refractivity (Wildman–Crippen MR) is 145 cm³/mol. The van der Waals surface area contributed by atoms with E-state index in [-0.39, 0.29) is 23.3 Å². The topological polar surface area (TPSA) is 134 Å². The molecule has 188 valence electrons. The average Bonchev–Trinajstić information content (AvgIpc) is 3.60. The fraction of sp³-hybridized carbons (Fsp3) is 0.240. The zero-order chi connectivity index (χ0) is 25.9. The second-order valence-electron chi connectivity index (χ2n) is 8.25. The van der Waals surface area contributed by atoms with Gasteiger partial charge in [-0.15, -0.1) is 21.5 Å². The first-order valence-electron chi connectivity index (χ1n) is 11.4. The Bertz CT molecular complexity index is 1450. The van der Waals surface area contributed by atoms with E-state index in [0.29, 0.717) is 51.3 Å². The average molecular weight is 551 g/mol. The van der Waals surface area contributed by atoms with E-state index in [2.05, 4.69) is 21.6 Å². The lowest BCUT2D eigenvalue weighted by Gasteiger charge is -2.37. The van der Waals surface area contributed by atoms with E-state index in [1.807, 2.05) is 17.5 Å². The Balaban J connectivity index is 1.38. The predicted octanol–water partition coefficient (Wildman–Crippen LogP) is 4.64. The minimum absolute atomic E-state index is 0.0261. The molecule has 0 radical (unpaired) electrons. The summed E-state index contributed by atoms with van der Waals surface area (Å²) in [4.78, 5) is 28.2. The minimum Gasteiger partial charge on any atom is -0.497 e. The number of amides is 1. The maximum absolute atomic E-state index is 13.1. The number of thiophene rings is 1. The van der Waals surface area contributed by atoms with Gasteiger partial charge >= 0.3 is 0 Å². The molecular formula is C25H22N6O3S3. The van der Waals surface area contributed by atoms with Crippen molar-refractivity contribution in [3.8, 4) is 11.8 Å². The highest BCUT2D eigenvalue weighted by atomic mass is 32.2. The number of nitriles is 1. The molecule has 1 aliphatic carbocycles. The van der Waals surface area contributed by atoms with Gasteiger partial charge in [-0.1, -0.05) is 35.2 Å². The van der Waals surface area contributed by atoms with Crippen LogP contribution in [0.15, 0.2) is 68.8 Å². The van der Waals surface area contributed by atoms with Crippen LogP contribution >= 0.6 is 34.4 Å². The molecule has 1 unspecified atom stereocenters. The number of nitrogens with one attached hydrogen (secondary N) is 1. The summed E-state index contributed by atoms with van der Waals surface area (Å²) >= 11 is 4.02. The number of allylic oxidation sites excluding steroid dienone is 3. The number of anilines is 2. The maximum atomic E-state index is 13.1. The molecule has 9 nitrogen and oxygen atoms in total. The number of nitrogens with two attached hydrogens (primary N) is 1. The molecule has 0 spiro atoms. The first-order valence-corrected chi connectivity index (χ1v) is 14.1. The van der Waals surface area contributed by atoms with Gasteiger partial charge in [0, 0.05) is 34.3 Å². The third-order valence-electron chi connectivity index (χ3n) is 6.01. The number of ketones is 1. The van der Waals surface area contributed by atoms with Crippen molar-refractivity contribution < 1.29 is 14.3 Å². The van der Waals surface area contributed by atoms with Gasteiger partial charge in [0.05, 0.1) is 30.4 Å². The van der Waals surface area contributed by atoms with Crippen LogP contribution in [0.4, 0.5) is 10.8 Å². The highest BCUT2D eigenvalue weighted by Gasteiger charge is 2.41. The molecule has 2 aliphatic rings. The number of hydrogen-bond acceptors (Lipinski definition) is 11. The quantitative estimate of drug-likeness (QED) is 0.403. The fourth-order valence-corrected chi connectivity index (χ4v) is 6.95. The number of nitrogens with zero attached hydrogens (tertiary/aromatic N) is 4. The molecule has 3 heterocycles. The van der Waals surface area contributed by atoms with Gasteiger partial charge in [0.2, 0.25) is 11.0 Å². The van der Waals surface area contributed by atoms with Crippen molar-refractivity contribution in [1.29, 1.82) is 5.26 Å². The number of thioether (sulfide) groups is 1. The summed E-state index contributed by atoms with van der Waals surface area (Å²) in [5, 5.41) is 23.8. The Morgan fingerprint density at radius 1 is 1.32 bits per heavy atom. The molecule has 1 aliphatic heterocycles. The number of hydrogen-bond donors (Lipinski definition) is 2. The number of carbonyl (C=O) groups excluding carboxylic acids is 2. The molecule has 3 N–H and O–H groups in total. The summed E-state index contributed by atoms with van der Waals surface area (Å²) in [5.41, 5.74) is 8.91. The molecule has 1 aromatic carbocycles. The zero-order valence-electron chi connectivity index (χ0n) is 19.8. The van der Waals surface area contributed by atoms with Crippen molar-refractivity contribution in [2.24, 2.45) is 5.73 Å². The third kappa shape index (κ3) is 4.98. The highest BCUT2D eigenvalue weighted by Crippen LogP contribution is 2.47. The number of methoxy groups -OCH3 is 1. The molecule has 0 fully saturated rings. The van der Waals surface area contributed by atoms with Crippen molar-refractivity contribution in [2.75, 3.05) is 23.1 Å². The van der Waals surface area contributed by atoms with E-state index in [9.17, 15) is 14.9 Å². The van der Waals surface area contributed by atoms with Crippen molar-refractivity contribution in [3.05, 3.63) is 69.3 Å². The lowest BCUT2D eigenvalue weighted by Crippen LogP contribution is -2.38. The van der Waals surface area contributed by atoms with Crippen molar-refractivity contribution in [1.82, 2.24) is 10.2 Å². The standard InChI is InChI=1S/C25H22N6O3S3/c1-34-15-6-2-5-14(11-15)28-20(33)13-36-25-30-29-24(37-25)31-17-7-3-8-18(32)22(17)21(16(12-26)23(31)27)19-9-4-10-35-19/h2,4-6,9-11,21H,3,7-8,13,27H2,1H3,(H,28,33). The van der Waals surface area contributed by atoms with Crippen molar-refractivity contribution in [2.45, 2.75) is 29.5 Å². The van der Waals surface area contributed by atoms with Gasteiger partial charge in [-0.3, -0.25) is 14.5 Å². The zero-order valence-corrected chi connectivity index (χ0v) is 22.2. The van der Waals surface area contributed by atoms with Gasteiger partial charge in [-0.2, -0.15) is 5.26 Å². The number of aromatic nitrogens is 2. The van der Waals surface area contributed by atoms with Crippen LogP contribution in [-0.2, 0) is 9.59 Å². The van der Waals surface area contributed by atoms with Crippen LogP contribution in [0.3, 0.4) is 0 Å². The van der Waals surface area contributed by atoms with Gasteiger partial charge in [0.1, 0.15) is 11.6 Å². The molecule has 1 atom stereocenters. The molecule has 1 amide bonds. The minimum atomic E-state index is -0.467. The first-order chi connectivity index (χ1) is 18.0. The Kier molecular flexibility index (Phi) is 7.27. The Labute approximate surface area is 225 Å². The lowest BCUT2D eigenvalue weighted by atomic mass is 9.78. The fourth-order valence-electron chi connectivity index (χ4n) is 4.42. The normalized spacial score (nSPS) is 17.5. The molecule has 0 saturated heterocycles. The van der Waals surface area contributed by atoms with E-state index < -0.39 is 5.92 Å². The molecule has 5 rings (SSSR count). The summed E-state index contributed by atoms with van der Waals surface area (Å²) in [6, 6.07) is 13.2. The van der Waals surface area contributed by atoms with Gasteiger partial charge in [-0.05, 0) is 36.4 Å². The summed E-state index contributed by atoms with van der Waals surface area (Å²) in [6.07, 6.45) is 1.78. The molecule has 3 aromatic rings. The molecule has 37 heavy (non-hydrogen) atoms. The van der Waals surface area contributed by atoms with E-state index in [1.165, 1.54) is 34.4 Å². The number of rotatable bonds is 7. The van der Waals surface area contributed by atoms with Gasteiger partial charge in [0.15, 0.2) is 10.1 Å². The highest BCUT2D eigenvalue weighted by molar-refractivity contribution is 8.01. The monoisotopic (exact) mass is 550 g/mol. The number of carbonyl (C=O) groups is 2. The van der Waals surface area contributed by atoms with Gasteiger partial charge < -0.3 is 15.8 Å². The Morgan fingerprint density at radius 2 is 2.19 bits per heavy atom. The summed E-state index contributed by atoms with van der Waals surface area (Å²) in [6.45, 7) is 0. The molecule has 12 heteroatoms. The Morgan fingerprint density at radius 3 is 2.95 bits per heavy atom. The third-order valence-corrected chi connectivity index (χ3v) is 8.99. The second-order valence-corrected chi connectivity index (χ2v) is 11.4. The smallest absolute Gasteiger partial charge is 0.234 e. The number of benzene rings is 1. The van der Waals surface area contributed by atoms with Crippen LogP contribution in [0.25, 0.3) is 0 Å². The van der Waals surface area contributed by atoms with Gasteiger partial charge in [0.25, 0.3) is 0 Å². The van der Waals surface area contributed by atoms with Crippen LogP contribution < -0.4 is 20.7 Å². The molecular weight excluding hydrogens is 529 g/mol. The van der Waals surface area contributed by atoms with E-state index in [0.717, 1.165) is 10.6 Å². The van der Waals surface area contributed by atoms with E-state index in [1.54, 1.807) is 36.3 Å². The summed E-state index contributed by atoms with van der Waals surface area (Å²) in [7, 11) is 1.57. The number of Topliss-reactive ketones (excluding diaryl/α,β-unsaturated/α-hetero) is 1. The lowest BCUT2D eigenvalue weighted by molar-refractivity contribution is -0.116. The van der Waals surface area contributed by atoms with Crippen LogP contribution in [-0.4, -0.2) is 34.8 Å². The van der Waals surface area contributed by atoms with Crippen LogP contribution in [0.5, 0.6) is 5.75 Å². The van der Waals surface area contributed by atoms with Crippen molar-refractivity contribution >= 4 is 56.9 Å².